The zero-order valence-corrected chi connectivity index (χ0v) is 7.96. The highest BCUT2D eigenvalue weighted by Gasteiger charge is 2.04. The Morgan fingerprint density at radius 2 is 1.85 bits per heavy atom. The molecule has 2 rings (SSSR count). The molecule has 0 aromatic rings. The Morgan fingerprint density at radius 1 is 1.08 bits per heavy atom. The Hall–Kier alpha value is -1.30. The zero-order chi connectivity index (χ0) is 9.10. The van der Waals surface area contributed by atoms with E-state index in [0.717, 1.165) is 12.8 Å². The van der Waals surface area contributed by atoms with Gasteiger partial charge in [-0.3, -0.25) is 0 Å². The van der Waals surface area contributed by atoms with Crippen molar-refractivity contribution in [3.05, 3.63) is 59.3 Å². The molecule has 0 radical (unpaired) electrons. The Balaban J connectivity index is 2.42. The van der Waals surface area contributed by atoms with Gasteiger partial charge >= 0.3 is 0 Å². The van der Waals surface area contributed by atoms with Crippen molar-refractivity contribution in [3.8, 4) is 0 Å². The largest absolute Gasteiger partial charge is 0.0620 e. The van der Waals surface area contributed by atoms with Crippen molar-refractivity contribution in [3.63, 3.8) is 0 Å². The number of fused-ring (bicyclic) bond motifs is 2. The van der Waals surface area contributed by atoms with Crippen molar-refractivity contribution >= 4 is 0 Å². The molecular weight excluding hydrogens is 156 g/mol. The summed E-state index contributed by atoms with van der Waals surface area (Å²) >= 11 is 0. The summed E-state index contributed by atoms with van der Waals surface area (Å²) in [6, 6.07) is 0. The standard InChI is InChI=1S/C13H14/c1-2-11-7-8-12-5-3-4-6-13(9-11)10-12/h3-9H,2,10H2,1H3. The number of allylic oxidation sites excluding steroid dienone is 10. The van der Waals surface area contributed by atoms with Gasteiger partial charge in [-0.2, -0.15) is 0 Å². The maximum Gasteiger partial charge on any atom is -0.00257 e. The molecule has 0 spiro atoms. The minimum absolute atomic E-state index is 1.08. The third-order valence-corrected chi connectivity index (χ3v) is 2.43. The number of hydrogen-bond acceptors (Lipinski definition) is 0. The van der Waals surface area contributed by atoms with Gasteiger partial charge in [0, 0.05) is 0 Å². The lowest BCUT2D eigenvalue weighted by molar-refractivity contribution is 1.14. The van der Waals surface area contributed by atoms with Gasteiger partial charge in [0.1, 0.15) is 0 Å². The first-order chi connectivity index (χ1) is 6.38. The van der Waals surface area contributed by atoms with Gasteiger partial charge in [-0.25, -0.2) is 0 Å². The van der Waals surface area contributed by atoms with Crippen LogP contribution < -0.4 is 0 Å². The van der Waals surface area contributed by atoms with Crippen LogP contribution in [0.5, 0.6) is 0 Å². The highest BCUT2D eigenvalue weighted by Crippen LogP contribution is 2.23. The van der Waals surface area contributed by atoms with Gasteiger partial charge < -0.3 is 0 Å². The Morgan fingerprint density at radius 3 is 2.62 bits per heavy atom. The lowest BCUT2D eigenvalue weighted by Gasteiger charge is -1.98. The maximum atomic E-state index is 2.30. The fourth-order valence-electron chi connectivity index (χ4n) is 1.65. The minimum atomic E-state index is 1.08. The van der Waals surface area contributed by atoms with Crippen molar-refractivity contribution in [1.82, 2.24) is 0 Å². The van der Waals surface area contributed by atoms with E-state index in [1.54, 1.807) is 0 Å². The molecule has 0 atom stereocenters. The van der Waals surface area contributed by atoms with Gasteiger partial charge in [0.05, 0.1) is 0 Å². The molecule has 0 aromatic heterocycles. The third kappa shape index (κ3) is 1.89. The molecule has 2 bridgehead atoms. The van der Waals surface area contributed by atoms with Crippen molar-refractivity contribution in [2.24, 2.45) is 0 Å². The highest BCUT2D eigenvalue weighted by molar-refractivity contribution is 5.45. The fraction of sp³-hybridized carbons (Fsp3) is 0.231. The summed E-state index contributed by atoms with van der Waals surface area (Å²) in [4.78, 5) is 0. The molecule has 0 unspecified atom stereocenters. The predicted octanol–water partition coefficient (Wildman–Crippen LogP) is 3.71. The van der Waals surface area contributed by atoms with Crippen LogP contribution in [0.4, 0.5) is 0 Å². The van der Waals surface area contributed by atoms with Crippen LogP contribution in [0, 0.1) is 0 Å². The van der Waals surface area contributed by atoms with E-state index in [4.69, 9.17) is 0 Å². The SMILES string of the molecule is CCC1=CC2=CC=CC=C(C=C1)C2. The summed E-state index contributed by atoms with van der Waals surface area (Å²) in [5.74, 6) is 0. The van der Waals surface area contributed by atoms with Crippen LogP contribution in [0.15, 0.2) is 59.3 Å². The average Bonchev–Trinajstić information content (AvgIpc) is 2.49. The molecule has 0 fully saturated rings. The lowest BCUT2D eigenvalue weighted by Crippen LogP contribution is -1.79. The van der Waals surface area contributed by atoms with E-state index >= 15 is 0 Å². The molecule has 0 aliphatic heterocycles. The molecule has 0 aromatic carbocycles. The molecule has 2 aliphatic carbocycles. The summed E-state index contributed by atoms with van der Waals surface area (Å²) in [5, 5.41) is 0. The molecule has 13 heavy (non-hydrogen) atoms. The first-order valence-corrected chi connectivity index (χ1v) is 4.83. The van der Waals surface area contributed by atoms with Crippen LogP contribution in [0.1, 0.15) is 19.8 Å². The molecule has 66 valence electrons. The highest BCUT2D eigenvalue weighted by atomic mass is 14.1. The molecule has 0 nitrogen and oxygen atoms in total. The molecule has 2 aliphatic rings. The molecule has 0 saturated carbocycles. The van der Waals surface area contributed by atoms with E-state index < -0.39 is 0 Å². The van der Waals surface area contributed by atoms with Gasteiger partial charge in [0.15, 0.2) is 0 Å². The zero-order valence-electron chi connectivity index (χ0n) is 7.96. The average molecular weight is 170 g/mol. The minimum Gasteiger partial charge on any atom is -0.0620 e. The van der Waals surface area contributed by atoms with E-state index in [1.807, 2.05) is 0 Å². The molecule has 0 saturated heterocycles. The Kier molecular flexibility index (Phi) is 2.31. The molecule has 0 amide bonds. The van der Waals surface area contributed by atoms with E-state index in [9.17, 15) is 0 Å². The molecular formula is C13H14. The first-order valence-electron chi connectivity index (χ1n) is 4.83. The predicted molar refractivity (Wildman–Crippen MR) is 57.4 cm³/mol. The van der Waals surface area contributed by atoms with Crippen molar-refractivity contribution in [1.29, 1.82) is 0 Å². The fourth-order valence-corrected chi connectivity index (χ4v) is 1.65. The second-order valence-corrected chi connectivity index (χ2v) is 3.45. The van der Waals surface area contributed by atoms with Crippen LogP contribution in [-0.4, -0.2) is 0 Å². The normalized spacial score (nSPS) is 19.9. The van der Waals surface area contributed by atoms with E-state index in [-0.39, 0.29) is 0 Å². The first kappa shape index (κ1) is 8.31. The number of rotatable bonds is 1. The van der Waals surface area contributed by atoms with Crippen molar-refractivity contribution in [2.45, 2.75) is 19.8 Å². The van der Waals surface area contributed by atoms with E-state index in [1.165, 1.54) is 16.7 Å². The number of hydrogen-bond donors (Lipinski definition) is 0. The van der Waals surface area contributed by atoms with Crippen LogP contribution in [0.3, 0.4) is 0 Å². The second kappa shape index (κ2) is 3.61. The van der Waals surface area contributed by atoms with Crippen LogP contribution in [-0.2, 0) is 0 Å². The van der Waals surface area contributed by atoms with E-state index in [2.05, 4.69) is 49.5 Å². The third-order valence-electron chi connectivity index (χ3n) is 2.43. The van der Waals surface area contributed by atoms with Gasteiger partial charge in [0.2, 0.25) is 0 Å². The molecule has 0 N–H and O–H groups in total. The van der Waals surface area contributed by atoms with Crippen molar-refractivity contribution < 1.29 is 0 Å². The lowest BCUT2D eigenvalue weighted by atomic mass is 10.1. The summed E-state index contributed by atoms with van der Waals surface area (Å²) < 4.78 is 0. The smallest absolute Gasteiger partial charge is 0.00257 e. The Bertz CT molecular complexity index is 346. The maximum absolute atomic E-state index is 2.30. The van der Waals surface area contributed by atoms with Crippen molar-refractivity contribution in [2.75, 3.05) is 0 Å². The Labute approximate surface area is 79.7 Å². The van der Waals surface area contributed by atoms with Crippen LogP contribution in [0.25, 0.3) is 0 Å². The summed E-state index contributed by atoms with van der Waals surface area (Å²) in [7, 11) is 0. The second-order valence-electron chi connectivity index (χ2n) is 3.45. The van der Waals surface area contributed by atoms with Gasteiger partial charge in [0.25, 0.3) is 0 Å². The quantitative estimate of drug-likeness (QED) is 0.562. The summed E-state index contributed by atoms with van der Waals surface area (Å²) in [6.07, 6.45) is 17.6. The monoisotopic (exact) mass is 170 g/mol. The van der Waals surface area contributed by atoms with Gasteiger partial charge in [-0.1, -0.05) is 49.5 Å². The van der Waals surface area contributed by atoms with Gasteiger partial charge in [-0.15, -0.1) is 0 Å². The summed E-state index contributed by atoms with van der Waals surface area (Å²) in [5.41, 5.74) is 4.24. The van der Waals surface area contributed by atoms with Gasteiger partial charge in [-0.05, 0) is 29.6 Å². The van der Waals surface area contributed by atoms with E-state index in [0.29, 0.717) is 0 Å². The molecule has 0 heteroatoms. The topological polar surface area (TPSA) is 0 Å². The van der Waals surface area contributed by atoms with Crippen LogP contribution in [0.2, 0.25) is 0 Å². The van der Waals surface area contributed by atoms with Crippen LogP contribution >= 0.6 is 0 Å². The summed E-state index contributed by atoms with van der Waals surface area (Å²) in [6.45, 7) is 2.20. The molecule has 0 heterocycles.